The maximum Gasteiger partial charge on any atom is 0.246 e. The molecule has 1 heterocycles. The van der Waals surface area contributed by atoms with Gasteiger partial charge in [0.1, 0.15) is 16.5 Å². The highest BCUT2D eigenvalue weighted by Crippen LogP contribution is 2.30. The Bertz CT molecular complexity index is 966. The molecule has 150 valence electrons. The molecule has 1 amide bonds. The number of carbonyl (C=O) groups is 1. The van der Waals surface area contributed by atoms with Gasteiger partial charge in [0.15, 0.2) is 0 Å². The third-order valence-corrected chi connectivity index (χ3v) is 7.22. The third kappa shape index (κ3) is 4.64. The van der Waals surface area contributed by atoms with E-state index in [-0.39, 0.29) is 29.6 Å². The molecule has 1 atom stereocenters. The van der Waals surface area contributed by atoms with E-state index in [2.05, 4.69) is 27.9 Å². The Morgan fingerprint density at radius 2 is 1.96 bits per heavy atom. The minimum atomic E-state index is -3.98. The van der Waals surface area contributed by atoms with Crippen LogP contribution in [-0.2, 0) is 14.8 Å². The Morgan fingerprint density at radius 3 is 2.64 bits per heavy atom. The number of benzene rings is 2. The Hall–Kier alpha value is -1.72. The quantitative estimate of drug-likeness (QED) is 0.616. The van der Waals surface area contributed by atoms with Crippen LogP contribution in [0, 0.1) is 15.3 Å². The largest absolute Gasteiger partial charge is 0.495 e. The predicted octanol–water partition coefficient (Wildman–Crippen LogP) is 3.48. The fraction of sp³-hybridized carbons (Fsp3) is 0.316. The highest BCUT2D eigenvalue weighted by atomic mass is 127. The van der Waals surface area contributed by atoms with Crippen LogP contribution in [0.3, 0.4) is 0 Å². The van der Waals surface area contributed by atoms with Crippen molar-refractivity contribution in [1.29, 1.82) is 0 Å². The van der Waals surface area contributed by atoms with E-state index in [9.17, 15) is 17.6 Å². The standard InChI is InChI=1S/C19H20FIN2O4S/c1-27-17-9-4-14(20)11-18(17)28(25,26)23-10-2-3-13(12-23)19(24)22-16-7-5-15(21)6-8-16/h4-9,11,13H,2-3,10,12H2,1H3,(H,22,24). The molecular weight excluding hydrogens is 498 g/mol. The first-order valence-electron chi connectivity index (χ1n) is 8.71. The van der Waals surface area contributed by atoms with Crippen molar-refractivity contribution in [1.82, 2.24) is 4.31 Å². The van der Waals surface area contributed by atoms with Crippen LogP contribution in [-0.4, -0.2) is 38.8 Å². The fourth-order valence-corrected chi connectivity index (χ4v) is 5.19. The molecule has 1 unspecified atom stereocenters. The Kier molecular flexibility index (Phi) is 6.56. The van der Waals surface area contributed by atoms with Gasteiger partial charge in [-0.3, -0.25) is 4.79 Å². The predicted molar refractivity (Wildman–Crippen MR) is 112 cm³/mol. The summed E-state index contributed by atoms with van der Waals surface area (Å²) in [6, 6.07) is 10.7. The van der Waals surface area contributed by atoms with Gasteiger partial charge in [-0.2, -0.15) is 4.31 Å². The normalized spacial score (nSPS) is 17.9. The molecule has 2 aromatic carbocycles. The van der Waals surface area contributed by atoms with E-state index in [0.717, 1.165) is 15.7 Å². The van der Waals surface area contributed by atoms with Gasteiger partial charge < -0.3 is 10.1 Å². The molecule has 1 N–H and O–H groups in total. The van der Waals surface area contributed by atoms with Crippen molar-refractivity contribution in [3.05, 3.63) is 51.9 Å². The topological polar surface area (TPSA) is 75.7 Å². The summed E-state index contributed by atoms with van der Waals surface area (Å²) in [5.74, 6) is -1.30. The molecule has 0 aliphatic carbocycles. The van der Waals surface area contributed by atoms with E-state index >= 15 is 0 Å². The minimum absolute atomic E-state index is 0.0399. The van der Waals surface area contributed by atoms with Crippen molar-refractivity contribution in [3.63, 3.8) is 0 Å². The molecule has 9 heteroatoms. The average molecular weight is 518 g/mol. The summed E-state index contributed by atoms with van der Waals surface area (Å²) in [5.41, 5.74) is 0.664. The van der Waals surface area contributed by atoms with Gasteiger partial charge in [0, 0.05) is 22.3 Å². The van der Waals surface area contributed by atoms with Crippen LogP contribution in [0.5, 0.6) is 5.75 Å². The lowest BCUT2D eigenvalue weighted by atomic mass is 9.99. The lowest BCUT2D eigenvalue weighted by molar-refractivity contribution is -0.120. The van der Waals surface area contributed by atoms with Crippen molar-refractivity contribution in [2.45, 2.75) is 17.7 Å². The van der Waals surface area contributed by atoms with Crippen LogP contribution in [0.1, 0.15) is 12.8 Å². The zero-order valence-electron chi connectivity index (χ0n) is 15.2. The fourth-order valence-electron chi connectivity index (χ4n) is 3.14. The van der Waals surface area contributed by atoms with Gasteiger partial charge in [0.2, 0.25) is 15.9 Å². The maximum absolute atomic E-state index is 13.7. The Labute approximate surface area is 177 Å². The molecule has 0 radical (unpaired) electrons. The highest BCUT2D eigenvalue weighted by Gasteiger charge is 2.35. The number of hydrogen-bond donors (Lipinski definition) is 1. The molecule has 1 aliphatic heterocycles. The molecular formula is C19H20FIN2O4S. The summed E-state index contributed by atoms with van der Waals surface area (Å²) in [6.45, 7) is 0.313. The van der Waals surface area contributed by atoms with Crippen molar-refractivity contribution in [2.75, 3.05) is 25.5 Å². The zero-order chi connectivity index (χ0) is 20.3. The average Bonchev–Trinajstić information content (AvgIpc) is 2.69. The summed E-state index contributed by atoms with van der Waals surface area (Å²) in [6.07, 6.45) is 1.13. The number of carbonyl (C=O) groups excluding carboxylic acids is 1. The van der Waals surface area contributed by atoms with Crippen LogP contribution >= 0.6 is 22.6 Å². The minimum Gasteiger partial charge on any atom is -0.495 e. The van der Waals surface area contributed by atoms with Crippen molar-refractivity contribution < 1.29 is 22.3 Å². The smallest absolute Gasteiger partial charge is 0.246 e. The van der Waals surface area contributed by atoms with E-state index in [1.54, 1.807) is 12.1 Å². The monoisotopic (exact) mass is 518 g/mol. The van der Waals surface area contributed by atoms with E-state index in [0.29, 0.717) is 18.5 Å². The Balaban J connectivity index is 1.78. The molecule has 0 aromatic heterocycles. The van der Waals surface area contributed by atoms with Crippen LogP contribution in [0.4, 0.5) is 10.1 Å². The molecule has 6 nitrogen and oxygen atoms in total. The van der Waals surface area contributed by atoms with Crippen molar-refractivity contribution in [2.24, 2.45) is 5.92 Å². The number of methoxy groups -OCH3 is 1. The number of anilines is 1. The van der Waals surface area contributed by atoms with Crippen molar-refractivity contribution >= 4 is 44.2 Å². The summed E-state index contributed by atoms with van der Waals surface area (Å²) in [4.78, 5) is 12.4. The summed E-state index contributed by atoms with van der Waals surface area (Å²) >= 11 is 2.18. The number of amides is 1. The molecule has 0 saturated carbocycles. The number of halogens is 2. The lowest BCUT2D eigenvalue weighted by Crippen LogP contribution is -2.43. The number of hydrogen-bond acceptors (Lipinski definition) is 4. The third-order valence-electron chi connectivity index (χ3n) is 4.61. The second-order valence-corrected chi connectivity index (χ2v) is 9.65. The van der Waals surface area contributed by atoms with Gasteiger partial charge in [-0.15, -0.1) is 0 Å². The van der Waals surface area contributed by atoms with Gasteiger partial charge >= 0.3 is 0 Å². The molecule has 1 aliphatic rings. The molecule has 0 spiro atoms. The zero-order valence-corrected chi connectivity index (χ0v) is 18.2. The number of rotatable bonds is 5. The number of ether oxygens (including phenoxy) is 1. The number of piperidine rings is 1. The van der Waals surface area contributed by atoms with E-state index in [1.165, 1.54) is 17.5 Å². The number of nitrogens with one attached hydrogen (secondary N) is 1. The van der Waals surface area contributed by atoms with Crippen LogP contribution in [0.25, 0.3) is 0 Å². The molecule has 1 saturated heterocycles. The summed E-state index contributed by atoms with van der Waals surface area (Å²) in [5, 5.41) is 2.83. The number of sulfonamides is 1. The number of nitrogens with zero attached hydrogens (tertiary/aromatic N) is 1. The first-order chi connectivity index (χ1) is 13.3. The van der Waals surface area contributed by atoms with E-state index in [4.69, 9.17) is 4.74 Å². The SMILES string of the molecule is COc1ccc(F)cc1S(=O)(=O)N1CCCC(C(=O)Nc2ccc(I)cc2)C1. The molecule has 28 heavy (non-hydrogen) atoms. The van der Waals surface area contributed by atoms with Crippen molar-refractivity contribution in [3.8, 4) is 5.75 Å². The van der Waals surface area contributed by atoms with Crippen LogP contribution in [0.2, 0.25) is 0 Å². The van der Waals surface area contributed by atoms with Crippen LogP contribution < -0.4 is 10.1 Å². The first kappa shape index (κ1) is 21.0. The van der Waals surface area contributed by atoms with Gasteiger partial charge in [-0.05, 0) is 77.9 Å². The van der Waals surface area contributed by atoms with Gasteiger partial charge in [-0.25, -0.2) is 12.8 Å². The van der Waals surface area contributed by atoms with Crippen LogP contribution in [0.15, 0.2) is 47.4 Å². The maximum atomic E-state index is 13.7. The lowest BCUT2D eigenvalue weighted by Gasteiger charge is -2.31. The summed E-state index contributed by atoms with van der Waals surface area (Å²) < 4.78 is 47.1. The molecule has 1 fully saturated rings. The summed E-state index contributed by atoms with van der Waals surface area (Å²) in [7, 11) is -2.65. The molecule has 2 aromatic rings. The molecule has 3 rings (SSSR count). The van der Waals surface area contributed by atoms with Gasteiger partial charge in [0.25, 0.3) is 0 Å². The van der Waals surface area contributed by atoms with E-state index < -0.39 is 21.8 Å². The molecule has 0 bridgehead atoms. The van der Waals surface area contributed by atoms with E-state index in [1.807, 2.05) is 12.1 Å². The van der Waals surface area contributed by atoms with Gasteiger partial charge in [0.05, 0.1) is 13.0 Å². The Morgan fingerprint density at radius 1 is 1.25 bits per heavy atom. The highest BCUT2D eigenvalue weighted by molar-refractivity contribution is 14.1. The van der Waals surface area contributed by atoms with Gasteiger partial charge in [-0.1, -0.05) is 0 Å². The second-order valence-electron chi connectivity index (χ2n) is 6.49. The second kappa shape index (κ2) is 8.75. The first-order valence-corrected chi connectivity index (χ1v) is 11.2.